The van der Waals surface area contributed by atoms with Crippen molar-refractivity contribution in [3.8, 4) is 22.4 Å². The Balaban J connectivity index is 2.19. The van der Waals surface area contributed by atoms with Crippen LogP contribution in [0.15, 0.2) is 54.7 Å². The van der Waals surface area contributed by atoms with Gasteiger partial charge in [0.15, 0.2) is 6.33 Å². The van der Waals surface area contributed by atoms with Gasteiger partial charge in [-0.15, -0.1) is 0 Å². The summed E-state index contributed by atoms with van der Waals surface area (Å²) >= 11 is 0. The average molecular weight is 263 g/mol. The SMILES string of the molecule is Cc1ccc(-c2cn[c]nc2-c2ccccc2F)cc1. The van der Waals surface area contributed by atoms with Crippen LogP contribution in [0.3, 0.4) is 0 Å². The van der Waals surface area contributed by atoms with Crippen LogP contribution in [0.2, 0.25) is 0 Å². The van der Waals surface area contributed by atoms with Gasteiger partial charge in [-0.3, -0.25) is 0 Å². The molecular weight excluding hydrogens is 251 g/mol. The lowest BCUT2D eigenvalue weighted by Crippen LogP contribution is -1.93. The van der Waals surface area contributed by atoms with Gasteiger partial charge in [0.05, 0.1) is 5.69 Å². The normalized spacial score (nSPS) is 10.5. The Morgan fingerprint density at radius 1 is 0.950 bits per heavy atom. The Kier molecular flexibility index (Phi) is 3.25. The molecule has 0 N–H and O–H groups in total. The molecule has 0 aliphatic heterocycles. The quantitative estimate of drug-likeness (QED) is 0.696. The zero-order chi connectivity index (χ0) is 13.9. The summed E-state index contributed by atoms with van der Waals surface area (Å²) in [4.78, 5) is 8.07. The van der Waals surface area contributed by atoms with Gasteiger partial charge in [0, 0.05) is 17.3 Å². The molecule has 3 heteroatoms. The third kappa shape index (κ3) is 2.30. The zero-order valence-electron chi connectivity index (χ0n) is 11.0. The van der Waals surface area contributed by atoms with Gasteiger partial charge in [-0.05, 0) is 24.6 Å². The molecule has 3 aromatic rings. The van der Waals surface area contributed by atoms with Crippen LogP contribution in [-0.2, 0) is 0 Å². The van der Waals surface area contributed by atoms with E-state index in [-0.39, 0.29) is 5.82 Å². The van der Waals surface area contributed by atoms with Crippen molar-refractivity contribution in [2.45, 2.75) is 6.92 Å². The van der Waals surface area contributed by atoms with Crippen molar-refractivity contribution in [3.63, 3.8) is 0 Å². The van der Waals surface area contributed by atoms with Gasteiger partial charge in [0.2, 0.25) is 0 Å². The Hall–Kier alpha value is -2.55. The van der Waals surface area contributed by atoms with E-state index in [0.717, 1.165) is 11.1 Å². The highest BCUT2D eigenvalue weighted by atomic mass is 19.1. The molecule has 0 amide bonds. The molecule has 1 aromatic heterocycles. The van der Waals surface area contributed by atoms with Crippen molar-refractivity contribution >= 4 is 0 Å². The van der Waals surface area contributed by atoms with Crippen LogP contribution in [0.1, 0.15) is 5.56 Å². The van der Waals surface area contributed by atoms with Crippen molar-refractivity contribution in [1.29, 1.82) is 0 Å². The van der Waals surface area contributed by atoms with Gasteiger partial charge < -0.3 is 0 Å². The number of halogens is 1. The number of hydrogen-bond acceptors (Lipinski definition) is 2. The Labute approximate surface area is 117 Å². The number of aryl methyl sites for hydroxylation is 1. The number of nitrogens with zero attached hydrogens (tertiary/aromatic N) is 2. The summed E-state index contributed by atoms with van der Waals surface area (Å²) in [6.45, 7) is 2.02. The molecule has 3 rings (SSSR count). The van der Waals surface area contributed by atoms with E-state index in [1.165, 1.54) is 11.6 Å². The molecular formula is C17H12FN2. The summed E-state index contributed by atoms with van der Waals surface area (Å²) in [6, 6.07) is 14.6. The fraction of sp³-hybridized carbons (Fsp3) is 0.0588. The maximum atomic E-state index is 14.0. The molecule has 97 valence electrons. The van der Waals surface area contributed by atoms with E-state index in [4.69, 9.17) is 0 Å². The standard InChI is InChI=1S/C17H12FN2/c1-12-6-8-13(9-7-12)15-10-19-11-20-17(15)14-4-2-3-5-16(14)18/h2-10H,1H3. The first-order valence-corrected chi connectivity index (χ1v) is 6.31. The molecule has 0 spiro atoms. The molecule has 20 heavy (non-hydrogen) atoms. The van der Waals surface area contributed by atoms with Crippen LogP contribution >= 0.6 is 0 Å². The molecule has 1 heterocycles. The molecule has 0 aliphatic rings. The molecule has 2 aromatic carbocycles. The topological polar surface area (TPSA) is 25.8 Å². The first-order chi connectivity index (χ1) is 9.75. The highest BCUT2D eigenvalue weighted by molar-refractivity contribution is 5.80. The predicted molar refractivity (Wildman–Crippen MR) is 76.4 cm³/mol. The van der Waals surface area contributed by atoms with Crippen LogP contribution in [-0.4, -0.2) is 9.97 Å². The monoisotopic (exact) mass is 263 g/mol. The molecule has 1 radical (unpaired) electrons. The largest absolute Gasteiger partial charge is 0.233 e. The van der Waals surface area contributed by atoms with Crippen LogP contribution in [0.4, 0.5) is 4.39 Å². The number of benzene rings is 2. The third-order valence-electron chi connectivity index (χ3n) is 3.16. The van der Waals surface area contributed by atoms with Crippen LogP contribution in [0.5, 0.6) is 0 Å². The lowest BCUT2D eigenvalue weighted by Gasteiger charge is -2.09. The summed E-state index contributed by atoms with van der Waals surface area (Å²) in [5.41, 5.74) is 3.95. The summed E-state index contributed by atoms with van der Waals surface area (Å²) in [7, 11) is 0. The minimum absolute atomic E-state index is 0.298. The zero-order valence-corrected chi connectivity index (χ0v) is 11.0. The van der Waals surface area contributed by atoms with Crippen molar-refractivity contribution in [2.75, 3.05) is 0 Å². The first-order valence-electron chi connectivity index (χ1n) is 6.31. The van der Waals surface area contributed by atoms with Gasteiger partial charge >= 0.3 is 0 Å². The second-order valence-corrected chi connectivity index (χ2v) is 4.58. The minimum Gasteiger partial charge on any atom is -0.233 e. The second-order valence-electron chi connectivity index (χ2n) is 4.58. The summed E-state index contributed by atoms with van der Waals surface area (Å²) in [5, 5.41) is 0. The van der Waals surface area contributed by atoms with Gasteiger partial charge in [-0.25, -0.2) is 14.4 Å². The lowest BCUT2D eigenvalue weighted by atomic mass is 10.00. The molecule has 0 fully saturated rings. The number of hydrogen-bond donors (Lipinski definition) is 0. The molecule has 0 saturated carbocycles. The lowest BCUT2D eigenvalue weighted by molar-refractivity contribution is 0.630. The molecule has 0 atom stereocenters. The molecule has 0 saturated heterocycles. The van der Waals surface area contributed by atoms with Crippen LogP contribution in [0.25, 0.3) is 22.4 Å². The maximum absolute atomic E-state index is 14.0. The van der Waals surface area contributed by atoms with E-state index in [1.807, 2.05) is 31.2 Å². The Morgan fingerprint density at radius 2 is 1.70 bits per heavy atom. The number of rotatable bonds is 2. The molecule has 2 nitrogen and oxygen atoms in total. The predicted octanol–water partition coefficient (Wildman–Crippen LogP) is 4.06. The fourth-order valence-electron chi connectivity index (χ4n) is 2.10. The van der Waals surface area contributed by atoms with Gasteiger partial charge in [0.25, 0.3) is 0 Å². The molecule has 0 aliphatic carbocycles. The summed E-state index contributed by atoms with van der Waals surface area (Å²) < 4.78 is 14.0. The van der Waals surface area contributed by atoms with E-state index in [2.05, 4.69) is 16.3 Å². The van der Waals surface area contributed by atoms with Gasteiger partial charge in [0.1, 0.15) is 5.82 Å². The van der Waals surface area contributed by atoms with E-state index in [0.29, 0.717) is 11.3 Å². The minimum atomic E-state index is -0.298. The molecule has 0 bridgehead atoms. The van der Waals surface area contributed by atoms with E-state index >= 15 is 0 Å². The van der Waals surface area contributed by atoms with Crippen molar-refractivity contribution in [1.82, 2.24) is 9.97 Å². The van der Waals surface area contributed by atoms with E-state index in [9.17, 15) is 4.39 Å². The maximum Gasteiger partial charge on any atom is 0.198 e. The van der Waals surface area contributed by atoms with Crippen LogP contribution in [0, 0.1) is 19.1 Å². The van der Waals surface area contributed by atoms with Gasteiger partial charge in [-0.1, -0.05) is 42.0 Å². The van der Waals surface area contributed by atoms with E-state index < -0.39 is 0 Å². The van der Waals surface area contributed by atoms with Crippen molar-refractivity contribution < 1.29 is 4.39 Å². The smallest absolute Gasteiger partial charge is 0.198 e. The average Bonchev–Trinajstić information content (AvgIpc) is 2.49. The van der Waals surface area contributed by atoms with Gasteiger partial charge in [-0.2, -0.15) is 0 Å². The third-order valence-corrected chi connectivity index (χ3v) is 3.16. The highest BCUT2D eigenvalue weighted by Gasteiger charge is 2.12. The van der Waals surface area contributed by atoms with Crippen molar-refractivity contribution in [3.05, 3.63) is 72.4 Å². The molecule has 0 unspecified atom stereocenters. The van der Waals surface area contributed by atoms with Crippen LogP contribution < -0.4 is 0 Å². The number of aromatic nitrogens is 2. The Morgan fingerprint density at radius 3 is 2.45 bits per heavy atom. The highest BCUT2D eigenvalue weighted by Crippen LogP contribution is 2.30. The second kappa shape index (κ2) is 5.21. The van der Waals surface area contributed by atoms with Crippen molar-refractivity contribution in [2.24, 2.45) is 0 Å². The summed E-state index contributed by atoms with van der Waals surface area (Å²) in [6.07, 6.45) is 4.21. The Bertz CT molecular complexity index is 736. The van der Waals surface area contributed by atoms with E-state index in [1.54, 1.807) is 24.4 Å². The summed E-state index contributed by atoms with van der Waals surface area (Å²) in [5.74, 6) is -0.298. The first kappa shape index (κ1) is 12.5. The fourth-order valence-corrected chi connectivity index (χ4v) is 2.10.